The summed E-state index contributed by atoms with van der Waals surface area (Å²) < 4.78 is 47.5. The zero-order chi connectivity index (χ0) is 30.8. The van der Waals surface area contributed by atoms with Crippen LogP contribution in [0.4, 0.5) is 24.8 Å². The Morgan fingerprint density at radius 3 is 2.33 bits per heavy atom. The smallest absolute Gasteiger partial charge is 0.278 e. The van der Waals surface area contributed by atoms with Gasteiger partial charge >= 0.3 is 0 Å². The number of hydrogen-bond acceptors (Lipinski definition) is 5. The molecule has 1 aliphatic carbocycles. The Morgan fingerprint density at radius 2 is 1.63 bits per heavy atom. The summed E-state index contributed by atoms with van der Waals surface area (Å²) in [5, 5.41) is 3.36. The predicted octanol–water partition coefficient (Wildman–Crippen LogP) is 9.10. The summed E-state index contributed by atoms with van der Waals surface area (Å²) in [6.45, 7) is 15.6. The van der Waals surface area contributed by atoms with Crippen molar-refractivity contribution in [2.75, 3.05) is 36.4 Å². The van der Waals surface area contributed by atoms with E-state index < -0.39 is 29.3 Å². The fourth-order valence-corrected chi connectivity index (χ4v) is 6.87. The van der Waals surface area contributed by atoms with Crippen molar-refractivity contribution in [3.05, 3.63) is 64.9 Å². The van der Waals surface area contributed by atoms with E-state index in [1.165, 1.54) is 18.0 Å². The summed E-state index contributed by atoms with van der Waals surface area (Å²) in [5.41, 5.74) is 2.86. The molecule has 1 atom stereocenters. The Morgan fingerprint density at radius 1 is 0.953 bits per heavy atom. The minimum atomic E-state index is -3.23. The van der Waals surface area contributed by atoms with Crippen LogP contribution in [0.25, 0.3) is 6.08 Å². The molecule has 2 fully saturated rings. The largest absolute Gasteiger partial charge is 0.363 e. The molecule has 1 aromatic carbocycles. The highest BCUT2D eigenvalue weighted by Crippen LogP contribution is 2.56. The van der Waals surface area contributed by atoms with E-state index in [4.69, 9.17) is 0 Å². The summed E-state index contributed by atoms with van der Waals surface area (Å²) in [6, 6.07) is 3.83. The normalized spacial score (nSPS) is 26.7. The molecule has 1 saturated carbocycles. The van der Waals surface area contributed by atoms with E-state index in [-0.39, 0.29) is 11.0 Å². The zero-order valence-corrected chi connectivity index (χ0v) is 26.4. The lowest BCUT2D eigenvalue weighted by molar-refractivity contribution is -0.0880. The number of nitrogens with zero attached hydrogens (tertiary/aromatic N) is 4. The highest BCUT2D eigenvalue weighted by atomic mass is 19.3. The molecule has 0 unspecified atom stereocenters. The number of alkyl halides is 2. The van der Waals surface area contributed by atoms with Gasteiger partial charge in [-0.05, 0) is 82.1 Å². The van der Waals surface area contributed by atoms with E-state index in [9.17, 15) is 0 Å². The Hall–Kier alpha value is -2.87. The third-order valence-corrected chi connectivity index (χ3v) is 9.86. The molecule has 1 N–H and O–H groups in total. The first-order valence-electron chi connectivity index (χ1n) is 16.4. The molecule has 5 aliphatic rings. The molecule has 8 heteroatoms. The summed E-state index contributed by atoms with van der Waals surface area (Å²) in [6.07, 6.45) is 12.1. The molecule has 5 heterocycles. The number of nitrogens with one attached hydrogen (secondary N) is 1. The molecule has 0 amide bonds. The number of aromatic nitrogens is 2. The van der Waals surface area contributed by atoms with Gasteiger partial charge in [0.1, 0.15) is 23.8 Å². The van der Waals surface area contributed by atoms with Gasteiger partial charge in [0.2, 0.25) is 0 Å². The lowest BCUT2D eigenvalue weighted by atomic mass is 9.85. The minimum absolute atomic E-state index is 0.0821. The highest BCUT2D eigenvalue weighted by molar-refractivity contribution is 5.83. The number of halogens is 3. The Kier molecular flexibility index (Phi) is 9.55. The predicted molar refractivity (Wildman–Crippen MR) is 170 cm³/mol. The number of piperidine rings is 1. The SMILES string of the molecule is C=C1C(C2(C)CC2)=Cc2c3ncnc2N1CCCCCCCN1CCC(CC1)C(F)(F)c1cccc(c1F)[C@@H](C)N3.CC. The van der Waals surface area contributed by atoms with Crippen LogP contribution >= 0.6 is 0 Å². The maximum absolute atomic E-state index is 15.9. The number of rotatable bonds is 1. The summed E-state index contributed by atoms with van der Waals surface area (Å²) in [4.78, 5) is 13.7. The number of hydrogen-bond donors (Lipinski definition) is 1. The quantitative estimate of drug-likeness (QED) is 0.356. The maximum Gasteiger partial charge on any atom is 0.278 e. The van der Waals surface area contributed by atoms with Gasteiger partial charge in [-0.3, -0.25) is 0 Å². The van der Waals surface area contributed by atoms with E-state index in [1.807, 2.05) is 13.8 Å². The van der Waals surface area contributed by atoms with Crippen molar-refractivity contribution >= 4 is 17.7 Å². The van der Waals surface area contributed by atoms with Crippen LogP contribution < -0.4 is 10.2 Å². The topological polar surface area (TPSA) is 44.3 Å². The van der Waals surface area contributed by atoms with Crippen LogP contribution in [0.5, 0.6) is 0 Å². The first kappa shape index (κ1) is 31.6. The third kappa shape index (κ3) is 6.36. The van der Waals surface area contributed by atoms with Crippen LogP contribution in [0.15, 0.2) is 42.4 Å². The van der Waals surface area contributed by atoms with Gasteiger partial charge in [-0.25, -0.2) is 23.1 Å². The van der Waals surface area contributed by atoms with Gasteiger partial charge in [0.15, 0.2) is 0 Å². The Labute approximate surface area is 255 Å². The first-order chi connectivity index (χ1) is 20.7. The van der Waals surface area contributed by atoms with Gasteiger partial charge in [0, 0.05) is 23.7 Å². The van der Waals surface area contributed by atoms with Gasteiger partial charge in [-0.2, -0.15) is 0 Å². The van der Waals surface area contributed by atoms with Gasteiger partial charge < -0.3 is 15.1 Å². The Balaban J connectivity index is 0.00000180. The maximum atomic E-state index is 15.9. The van der Waals surface area contributed by atoms with Crippen LogP contribution in [0.2, 0.25) is 0 Å². The van der Waals surface area contributed by atoms with Crippen molar-refractivity contribution in [3.8, 4) is 0 Å². The van der Waals surface area contributed by atoms with Crippen LogP contribution in [0.3, 0.4) is 0 Å². The standard InChI is InChI=1S/C33H42F3N5.C2H6/c1-22-25-10-9-11-27(29(25)34)33(35,36)24-12-18-40(19-13-24)16-7-5-4-6-8-17-41-23(2)28(32(3)14-15-32)20-26-30(39-22)37-21-38-31(26)41;1-2/h9-11,20-22,24H,2,4-8,12-19H2,1,3H3,(H,37,38,39);1-2H3/t22-;/m1./s1. The van der Waals surface area contributed by atoms with Gasteiger partial charge in [0.05, 0.1) is 17.2 Å². The molecule has 0 spiro atoms. The van der Waals surface area contributed by atoms with Gasteiger partial charge in [0.25, 0.3) is 5.92 Å². The molecule has 1 aromatic heterocycles. The molecule has 0 radical (unpaired) electrons. The Bertz CT molecular complexity index is 1330. The van der Waals surface area contributed by atoms with Crippen molar-refractivity contribution in [1.29, 1.82) is 0 Å². The number of fused-ring (bicyclic) bond motifs is 9. The van der Waals surface area contributed by atoms with Gasteiger partial charge in [-0.1, -0.05) is 64.8 Å². The zero-order valence-electron chi connectivity index (χ0n) is 26.4. The van der Waals surface area contributed by atoms with E-state index in [0.29, 0.717) is 31.7 Å². The molecule has 8 bridgehead atoms. The van der Waals surface area contributed by atoms with Crippen LogP contribution in [0.1, 0.15) is 108 Å². The number of benzene rings is 1. The second-order valence-corrected chi connectivity index (χ2v) is 12.8. The van der Waals surface area contributed by atoms with Crippen molar-refractivity contribution in [2.45, 2.75) is 97.4 Å². The van der Waals surface area contributed by atoms with E-state index in [0.717, 1.165) is 75.1 Å². The van der Waals surface area contributed by atoms with Crippen molar-refractivity contribution < 1.29 is 13.2 Å². The molecule has 1 saturated heterocycles. The van der Waals surface area contributed by atoms with Crippen molar-refractivity contribution in [3.63, 3.8) is 0 Å². The molecule has 234 valence electrons. The van der Waals surface area contributed by atoms with Crippen LogP contribution in [0, 0.1) is 17.2 Å². The van der Waals surface area contributed by atoms with Crippen LogP contribution in [-0.2, 0) is 5.92 Å². The fourth-order valence-electron chi connectivity index (χ4n) is 6.87. The second kappa shape index (κ2) is 13.0. The third-order valence-electron chi connectivity index (χ3n) is 9.86. The molecule has 43 heavy (non-hydrogen) atoms. The van der Waals surface area contributed by atoms with Crippen molar-refractivity contribution in [2.24, 2.45) is 11.3 Å². The lowest BCUT2D eigenvalue weighted by Crippen LogP contribution is -2.40. The van der Waals surface area contributed by atoms with E-state index in [1.54, 1.807) is 19.1 Å². The lowest BCUT2D eigenvalue weighted by Gasteiger charge is -2.36. The number of allylic oxidation sites excluding steroid dienone is 1. The average Bonchev–Trinajstić information content (AvgIpc) is 3.76. The van der Waals surface area contributed by atoms with E-state index in [2.05, 4.69) is 44.7 Å². The van der Waals surface area contributed by atoms with E-state index >= 15 is 13.2 Å². The summed E-state index contributed by atoms with van der Waals surface area (Å²) in [7, 11) is 0. The van der Waals surface area contributed by atoms with Crippen molar-refractivity contribution in [1.82, 2.24) is 14.9 Å². The molecule has 5 nitrogen and oxygen atoms in total. The molecular weight excluding hydrogens is 547 g/mol. The average molecular weight is 596 g/mol. The summed E-state index contributed by atoms with van der Waals surface area (Å²) >= 11 is 0. The number of anilines is 2. The monoisotopic (exact) mass is 595 g/mol. The fraction of sp³-hybridized carbons (Fsp3) is 0.600. The van der Waals surface area contributed by atoms with Gasteiger partial charge in [-0.15, -0.1) is 0 Å². The van der Waals surface area contributed by atoms with Crippen LogP contribution in [-0.4, -0.2) is 41.0 Å². The molecule has 4 aliphatic heterocycles. The molecule has 2 aromatic rings. The molecule has 7 rings (SSSR count). The minimum Gasteiger partial charge on any atom is -0.363 e. The summed E-state index contributed by atoms with van der Waals surface area (Å²) in [5.74, 6) is -3.54. The second-order valence-electron chi connectivity index (χ2n) is 12.8. The first-order valence-corrected chi connectivity index (χ1v) is 16.4. The highest BCUT2D eigenvalue weighted by Gasteiger charge is 2.46. The molecular formula is C35H48F3N5.